The first-order chi connectivity index (χ1) is 18.9. The lowest BCUT2D eigenvalue weighted by Crippen LogP contribution is -2.50. The van der Waals surface area contributed by atoms with Crippen LogP contribution in [0, 0.1) is 17.8 Å². The largest absolute Gasteiger partial charge is 0.499 e. The highest BCUT2D eigenvalue weighted by atomic mass is 16.6. The molecule has 0 spiro atoms. The summed E-state index contributed by atoms with van der Waals surface area (Å²) in [6, 6.07) is 5.14. The van der Waals surface area contributed by atoms with Crippen molar-refractivity contribution >= 4 is 23.6 Å². The van der Waals surface area contributed by atoms with Crippen LogP contribution in [0.15, 0.2) is 43.9 Å². The van der Waals surface area contributed by atoms with Crippen LogP contribution in [0.5, 0.6) is 0 Å². The summed E-state index contributed by atoms with van der Waals surface area (Å²) in [5.74, 6) is 0. The summed E-state index contributed by atoms with van der Waals surface area (Å²) in [6.45, 7) is 13.1. The molecule has 1 aromatic rings. The van der Waals surface area contributed by atoms with Crippen LogP contribution < -0.4 is 10.6 Å². The number of anilines is 2. The van der Waals surface area contributed by atoms with Crippen LogP contribution in [0.1, 0.15) is 5.56 Å². The monoisotopic (exact) mass is 550 g/mol. The number of ether oxygens (including phenoxy) is 8. The third-order valence-electron chi connectivity index (χ3n) is 6.20. The highest BCUT2D eigenvalue weighted by Crippen LogP contribution is 2.30. The maximum atomic E-state index is 12.5. The molecule has 2 amide bonds. The van der Waals surface area contributed by atoms with Gasteiger partial charge in [-0.15, -0.1) is 0 Å². The minimum Gasteiger partial charge on any atom is -0.499 e. The third-order valence-corrected chi connectivity index (χ3v) is 6.20. The van der Waals surface area contributed by atoms with Gasteiger partial charge < -0.3 is 37.9 Å². The van der Waals surface area contributed by atoms with Gasteiger partial charge >= 0.3 is 12.2 Å². The smallest absolute Gasteiger partial charge is 0.411 e. The zero-order chi connectivity index (χ0) is 28.0. The van der Waals surface area contributed by atoms with E-state index in [0.29, 0.717) is 83.0 Å². The number of hydrogen-bond acceptors (Lipinski definition) is 10. The van der Waals surface area contributed by atoms with Crippen LogP contribution in [-0.2, 0) is 37.9 Å². The zero-order valence-corrected chi connectivity index (χ0v) is 22.4. The Morgan fingerprint density at radius 1 is 0.795 bits per heavy atom. The fraction of sp³-hybridized carbons (Fsp3) is 0.556. The summed E-state index contributed by atoms with van der Waals surface area (Å²) in [5, 5.41) is 5.45. The van der Waals surface area contributed by atoms with Crippen LogP contribution in [0.3, 0.4) is 0 Å². The molecule has 2 aliphatic rings. The van der Waals surface area contributed by atoms with E-state index in [2.05, 4.69) is 23.8 Å². The summed E-state index contributed by atoms with van der Waals surface area (Å²) in [4.78, 5) is 25.0. The van der Waals surface area contributed by atoms with E-state index < -0.39 is 12.2 Å². The number of rotatable bonds is 18. The average Bonchev–Trinajstić information content (AvgIpc) is 2.88. The van der Waals surface area contributed by atoms with Crippen molar-refractivity contribution in [3.05, 3.63) is 49.4 Å². The van der Waals surface area contributed by atoms with Gasteiger partial charge in [-0.1, -0.05) is 19.2 Å². The van der Waals surface area contributed by atoms with Crippen molar-refractivity contribution < 1.29 is 47.5 Å². The van der Waals surface area contributed by atoms with Gasteiger partial charge in [0.05, 0.1) is 76.2 Å². The predicted molar refractivity (Wildman–Crippen MR) is 142 cm³/mol. The van der Waals surface area contributed by atoms with E-state index in [1.54, 1.807) is 25.1 Å². The van der Waals surface area contributed by atoms with Crippen LogP contribution in [0.4, 0.5) is 21.0 Å². The zero-order valence-electron chi connectivity index (χ0n) is 22.4. The second-order valence-electron chi connectivity index (χ2n) is 9.55. The van der Waals surface area contributed by atoms with Crippen molar-refractivity contribution in [2.75, 3.05) is 89.9 Å². The van der Waals surface area contributed by atoms with Crippen LogP contribution in [0.25, 0.3) is 0 Å². The lowest BCUT2D eigenvalue weighted by molar-refractivity contribution is -0.169. The molecule has 0 atom stereocenters. The fourth-order valence-electron chi connectivity index (χ4n) is 3.79. The van der Waals surface area contributed by atoms with Crippen molar-refractivity contribution in [2.45, 2.75) is 6.92 Å². The second-order valence-corrected chi connectivity index (χ2v) is 9.55. The van der Waals surface area contributed by atoms with Gasteiger partial charge in [-0.05, 0) is 24.6 Å². The number of amides is 2. The van der Waals surface area contributed by atoms with E-state index in [1.165, 1.54) is 12.5 Å². The number of carbonyl (C=O) groups is 2. The molecule has 0 saturated carbocycles. The van der Waals surface area contributed by atoms with Gasteiger partial charge in [-0.2, -0.15) is 0 Å². The summed E-state index contributed by atoms with van der Waals surface area (Å²) >= 11 is 0. The first-order valence-electron chi connectivity index (χ1n) is 12.6. The van der Waals surface area contributed by atoms with E-state index in [4.69, 9.17) is 37.9 Å². The molecular formula is C27H38N2O10. The van der Waals surface area contributed by atoms with Crippen LogP contribution in [0.2, 0.25) is 0 Å². The molecule has 0 aliphatic carbocycles. The molecule has 216 valence electrons. The molecule has 0 radical (unpaired) electrons. The second kappa shape index (κ2) is 15.3. The lowest BCUT2D eigenvalue weighted by atomic mass is 9.88. The number of hydrogen-bond donors (Lipinski definition) is 2. The van der Waals surface area contributed by atoms with Crippen molar-refractivity contribution in [1.29, 1.82) is 0 Å². The molecule has 0 bridgehead atoms. The molecule has 2 aliphatic heterocycles. The summed E-state index contributed by atoms with van der Waals surface area (Å²) in [6.07, 6.45) is 1.47. The normalized spacial score (nSPS) is 16.5. The van der Waals surface area contributed by atoms with Crippen LogP contribution >= 0.6 is 0 Å². The average molecular weight is 551 g/mol. The molecule has 3 rings (SSSR count). The third kappa shape index (κ3) is 9.43. The highest BCUT2D eigenvalue weighted by molar-refractivity contribution is 5.91. The molecule has 12 nitrogen and oxygen atoms in total. The Morgan fingerprint density at radius 3 is 1.59 bits per heavy atom. The minimum absolute atomic E-state index is 0.140. The van der Waals surface area contributed by atoms with Crippen molar-refractivity contribution in [1.82, 2.24) is 0 Å². The fourth-order valence-corrected chi connectivity index (χ4v) is 3.79. The quantitative estimate of drug-likeness (QED) is 0.207. The Bertz CT molecular complexity index is 890. The van der Waals surface area contributed by atoms with E-state index in [0.717, 1.165) is 0 Å². The van der Waals surface area contributed by atoms with Gasteiger partial charge in [0, 0.05) is 11.4 Å². The first-order valence-corrected chi connectivity index (χ1v) is 12.6. The minimum atomic E-state index is -0.621. The molecule has 2 heterocycles. The molecule has 12 heteroatoms. The molecule has 0 unspecified atom stereocenters. The standard InChI is InChI=1S/C27H38N2O10/c1-4-32-9-11-34-13-26(15-36-16-26)19-38-24(30)28-22-7-6-8-23(21(22)3)29-25(31)39-20-27(17-37-18-27)14-35-12-10-33-5-2/h4-8H,1-2,9-20H2,3H3,(H,28,30)(H,29,31). The molecule has 2 fully saturated rings. The van der Waals surface area contributed by atoms with Crippen molar-refractivity contribution in [3.8, 4) is 0 Å². The Hall–Kier alpha value is -3.32. The maximum Gasteiger partial charge on any atom is 0.411 e. The molecule has 0 aromatic heterocycles. The van der Waals surface area contributed by atoms with Gasteiger partial charge in [-0.25, -0.2) is 9.59 Å². The molecule has 39 heavy (non-hydrogen) atoms. The van der Waals surface area contributed by atoms with E-state index in [1.807, 2.05) is 0 Å². The van der Waals surface area contributed by atoms with E-state index in [9.17, 15) is 9.59 Å². The van der Waals surface area contributed by atoms with Gasteiger partial charge in [0.25, 0.3) is 0 Å². The van der Waals surface area contributed by atoms with E-state index in [-0.39, 0.29) is 24.0 Å². The predicted octanol–water partition coefficient (Wildman–Crippen LogP) is 3.48. The van der Waals surface area contributed by atoms with Gasteiger partial charge in [-0.3, -0.25) is 10.6 Å². The maximum absolute atomic E-state index is 12.5. The van der Waals surface area contributed by atoms with Crippen molar-refractivity contribution in [2.24, 2.45) is 10.8 Å². The van der Waals surface area contributed by atoms with Crippen molar-refractivity contribution in [3.63, 3.8) is 0 Å². The molecule has 2 saturated heterocycles. The van der Waals surface area contributed by atoms with Gasteiger partial charge in [0.1, 0.15) is 26.4 Å². The molecule has 2 N–H and O–H groups in total. The summed E-state index contributed by atoms with van der Waals surface area (Å²) in [5.41, 5.74) is 0.857. The Labute approximate surface area is 228 Å². The van der Waals surface area contributed by atoms with Gasteiger partial charge in [0.15, 0.2) is 0 Å². The lowest BCUT2D eigenvalue weighted by Gasteiger charge is -2.40. The molecule has 1 aromatic carbocycles. The molecular weight excluding hydrogens is 512 g/mol. The van der Waals surface area contributed by atoms with E-state index >= 15 is 0 Å². The number of carbonyl (C=O) groups excluding carboxylic acids is 2. The summed E-state index contributed by atoms with van der Waals surface area (Å²) in [7, 11) is 0. The first kappa shape index (κ1) is 30.2. The number of nitrogens with one attached hydrogen (secondary N) is 2. The Morgan fingerprint density at radius 2 is 1.23 bits per heavy atom. The van der Waals surface area contributed by atoms with Crippen LogP contribution in [-0.4, -0.2) is 91.5 Å². The highest BCUT2D eigenvalue weighted by Gasteiger charge is 2.41. The Balaban J connectivity index is 1.43. The number of benzene rings is 1. The summed E-state index contributed by atoms with van der Waals surface area (Å²) < 4.78 is 42.8. The SMILES string of the molecule is C=COCCOCC1(COC(=O)Nc2cccc(NC(=O)OCC3(COCCOC=C)COC3)c2C)COC1. The topological polar surface area (TPSA) is 132 Å². The van der Waals surface area contributed by atoms with Gasteiger partial charge in [0.2, 0.25) is 0 Å². The Kier molecular flexibility index (Phi) is 11.9.